The molecular formula is C9H15N3O2. The minimum Gasteiger partial charge on any atom is -0.361 e. The lowest BCUT2D eigenvalue weighted by Gasteiger charge is -2.00. The van der Waals surface area contributed by atoms with E-state index in [0.717, 1.165) is 12.0 Å². The van der Waals surface area contributed by atoms with Gasteiger partial charge in [0.25, 0.3) is 5.91 Å². The molecule has 0 saturated carbocycles. The summed E-state index contributed by atoms with van der Waals surface area (Å²) in [5.41, 5.74) is 6.45. The molecule has 1 heterocycles. The highest BCUT2D eigenvalue weighted by atomic mass is 16.5. The molecule has 0 aliphatic carbocycles. The molecule has 5 nitrogen and oxygen atoms in total. The van der Waals surface area contributed by atoms with Crippen molar-refractivity contribution in [1.29, 1.82) is 0 Å². The number of carbonyl (C=O) groups is 1. The average molecular weight is 197 g/mol. The number of nitrogens with zero attached hydrogens (tertiary/aromatic N) is 1. The number of hydrogen-bond acceptors (Lipinski definition) is 4. The van der Waals surface area contributed by atoms with Crippen LogP contribution in [0.1, 0.15) is 28.2 Å². The lowest BCUT2D eigenvalue weighted by Crippen LogP contribution is -2.26. The van der Waals surface area contributed by atoms with Gasteiger partial charge >= 0.3 is 0 Å². The Morgan fingerprint density at radius 2 is 2.29 bits per heavy atom. The van der Waals surface area contributed by atoms with E-state index in [9.17, 15) is 4.79 Å². The first-order chi connectivity index (χ1) is 6.66. The molecule has 78 valence electrons. The summed E-state index contributed by atoms with van der Waals surface area (Å²) in [6.07, 6.45) is 0.765. The van der Waals surface area contributed by atoms with Crippen molar-refractivity contribution in [3.63, 3.8) is 0 Å². The second kappa shape index (κ2) is 4.76. The van der Waals surface area contributed by atoms with Gasteiger partial charge in [0.05, 0.1) is 0 Å². The van der Waals surface area contributed by atoms with Crippen LogP contribution in [0.15, 0.2) is 4.52 Å². The molecule has 0 aliphatic heterocycles. The molecular weight excluding hydrogens is 182 g/mol. The first-order valence-corrected chi connectivity index (χ1v) is 4.58. The van der Waals surface area contributed by atoms with Gasteiger partial charge in [-0.2, -0.15) is 0 Å². The van der Waals surface area contributed by atoms with Crippen molar-refractivity contribution in [3.05, 3.63) is 17.0 Å². The van der Waals surface area contributed by atoms with Gasteiger partial charge in [0.1, 0.15) is 5.76 Å². The third kappa shape index (κ3) is 2.32. The van der Waals surface area contributed by atoms with E-state index in [1.54, 1.807) is 6.92 Å². The van der Waals surface area contributed by atoms with Gasteiger partial charge in [0.2, 0.25) is 0 Å². The van der Waals surface area contributed by atoms with Crippen molar-refractivity contribution in [1.82, 2.24) is 10.5 Å². The second-order valence-corrected chi connectivity index (χ2v) is 3.11. The molecule has 1 aromatic heterocycles. The quantitative estimate of drug-likeness (QED) is 0.683. The summed E-state index contributed by atoms with van der Waals surface area (Å²) in [5.74, 6) is 0.474. The van der Waals surface area contributed by atoms with E-state index in [2.05, 4.69) is 10.5 Å². The van der Waals surface area contributed by atoms with Gasteiger partial charge in [-0.25, -0.2) is 0 Å². The number of carbonyl (C=O) groups excluding carboxylic acids is 1. The molecule has 0 saturated heterocycles. The van der Waals surface area contributed by atoms with E-state index in [1.807, 2.05) is 6.92 Å². The molecule has 0 unspecified atom stereocenters. The molecule has 1 amide bonds. The zero-order valence-corrected chi connectivity index (χ0v) is 8.46. The van der Waals surface area contributed by atoms with Gasteiger partial charge in [0, 0.05) is 12.1 Å². The van der Waals surface area contributed by atoms with Gasteiger partial charge in [0.15, 0.2) is 5.69 Å². The van der Waals surface area contributed by atoms with Crippen molar-refractivity contribution in [2.45, 2.75) is 20.3 Å². The number of nitrogens with two attached hydrogens (primary N) is 1. The lowest BCUT2D eigenvalue weighted by molar-refractivity contribution is 0.0944. The van der Waals surface area contributed by atoms with Crippen LogP contribution in [-0.4, -0.2) is 24.2 Å². The fourth-order valence-electron chi connectivity index (χ4n) is 1.02. The Hall–Kier alpha value is -1.36. The average Bonchev–Trinajstić information content (AvgIpc) is 2.48. The summed E-state index contributed by atoms with van der Waals surface area (Å²) in [6.45, 7) is 4.72. The summed E-state index contributed by atoms with van der Waals surface area (Å²) in [4.78, 5) is 11.5. The largest absolute Gasteiger partial charge is 0.361 e. The van der Waals surface area contributed by atoms with Crippen LogP contribution in [0.4, 0.5) is 0 Å². The molecule has 0 radical (unpaired) electrons. The molecule has 0 fully saturated rings. The van der Waals surface area contributed by atoms with Crippen LogP contribution in [0, 0.1) is 13.8 Å². The van der Waals surface area contributed by atoms with Gasteiger partial charge in [-0.1, -0.05) is 5.16 Å². The lowest BCUT2D eigenvalue weighted by atomic mass is 10.2. The highest BCUT2D eigenvalue weighted by Gasteiger charge is 2.15. The first-order valence-electron chi connectivity index (χ1n) is 4.58. The maximum Gasteiger partial charge on any atom is 0.273 e. The molecule has 0 aliphatic rings. The third-order valence-electron chi connectivity index (χ3n) is 2.04. The molecule has 0 aromatic carbocycles. The summed E-state index contributed by atoms with van der Waals surface area (Å²) in [5, 5.41) is 6.39. The standard InChI is InChI=1S/C9H15N3O2/c1-6-7(2)14-12-8(6)9(13)11-5-3-4-10/h3-5,10H2,1-2H3,(H,11,13). The number of rotatable bonds is 4. The smallest absolute Gasteiger partial charge is 0.273 e. The van der Waals surface area contributed by atoms with Crippen LogP contribution < -0.4 is 11.1 Å². The predicted molar refractivity (Wildman–Crippen MR) is 52.0 cm³/mol. The Kier molecular flexibility index (Phi) is 3.64. The summed E-state index contributed by atoms with van der Waals surface area (Å²) in [6, 6.07) is 0. The van der Waals surface area contributed by atoms with E-state index >= 15 is 0 Å². The summed E-state index contributed by atoms with van der Waals surface area (Å²) in [7, 11) is 0. The van der Waals surface area contributed by atoms with Crippen LogP contribution >= 0.6 is 0 Å². The maximum atomic E-state index is 11.5. The molecule has 1 rings (SSSR count). The molecule has 3 N–H and O–H groups in total. The van der Waals surface area contributed by atoms with Crippen LogP contribution in [-0.2, 0) is 0 Å². The Balaban J connectivity index is 2.56. The van der Waals surface area contributed by atoms with E-state index < -0.39 is 0 Å². The van der Waals surface area contributed by atoms with Gasteiger partial charge < -0.3 is 15.6 Å². The molecule has 5 heteroatoms. The van der Waals surface area contributed by atoms with Gasteiger partial charge in [-0.3, -0.25) is 4.79 Å². The maximum absolute atomic E-state index is 11.5. The van der Waals surface area contributed by atoms with Crippen molar-refractivity contribution < 1.29 is 9.32 Å². The Morgan fingerprint density at radius 1 is 1.57 bits per heavy atom. The molecule has 1 aromatic rings. The molecule has 14 heavy (non-hydrogen) atoms. The van der Waals surface area contributed by atoms with Crippen molar-refractivity contribution in [2.24, 2.45) is 5.73 Å². The van der Waals surface area contributed by atoms with Gasteiger partial charge in [-0.05, 0) is 26.8 Å². The van der Waals surface area contributed by atoms with Crippen LogP contribution in [0.5, 0.6) is 0 Å². The van der Waals surface area contributed by atoms with Crippen LogP contribution in [0.3, 0.4) is 0 Å². The first kappa shape index (κ1) is 10.7. The zero-order valence-electron chi connectivity index (χ0n) is 8.46. The minimum absolute atomic E-state index is 0.201. The highest BCUT2D eigenvalue weighted by Crippen LogP contribution is 2.10. The van der Waals surface area contributed by atoms with Crippen molar-refractivity contribution in [3.8, 4) is 0 Å². The van der Waals surface area contributed by atoms with Crippen molar-refractivity contribution >= 4 is 5.91 Å². The number of aryl methyl sites for hydroxylation is 1. The zero-order chi connectivity index (χ0) is 10.6. The Labute approximate surface area is 82.6 Å². The minimum atomic E-state index is -0.201. The Bertz CT molecular complexity index is 320. The molecule has 0 bridgehead atoms. The number of nitrogens with one attached hydrogen (secondary N) is 1. The van der Waals surface area contributed by atoms with Crippen LogP contribution in [0.25, 0.3) is 0 Å². The molecule has 0 atom stereocenters. The monoisotopic (exact) mass is 197 g/mol. The van der Waals surface area contributed by atoms with Crippen molar-refractivity contribution in [2.75, 3.05) is 13.1 Å². The highest BCUT2D eigenvalue weighted by molar-refractivity contribution is 5.93. The SMILES string of the molecule is Cc1onc(C(=O)NCCCN)c1C. The third-order valence-corrected chi connectivity index (χ3v) is 2.04. The van der Waals surface area contributed by atoms with E-state index in [1.165, 1.54) is 0 Å². The van der Waals surface area contributed by atoms with Gasteiger partial charge in [-0.15, -0.1) is 0 Å². The van der Waals surface area contributed by atoms with E-state index in [-0.39, 0.29) is 5.91 Å². The predicted octanol–water partition coefficient (Wildman–Crippen LogP) is 0.370. The summed E-state index contributed by atoms with van der Waals surface area (Å²) < 4.78 is 4.89. The molecule has 0 spiro atoms. The Morgan fingerprint density at radius 3 is 2.79 bits per heavy atom. The van der Waals surface area contributed by atoms with E-state index in [0.29, 0.717) is 24.5 Å². The fourth-order valence-corrected chi connectivity index (χ4v) is 1.02. The van der Waals surface area contributed by atoms with E-state index in [4.69, 9.17) is 10.3 Å². The fraction of sp³-hybridized carbons (Fsp3) is 0.556. The second-order valence-electron chi connectivity index (χ2n) is 3.11. The number of amides is 1. The normalized spacial score (nSPS) is 10.2. The van der Waals surface area contributed by atoms with Crippen LogP contribution in [0.2, 0.25) is 0 Å². The topological polar surface area (TPSA) is 81.2 Å². The number of hydrogen-bond donors (Lipinski definition) is 2. The number of aromatic nitrogens is 1. The summed E-state index contributed by atoms with van der Waals surface area (Å²) >= 11 is 0.